The smallest absolute Gasteiger partial charge is 0.143 e. The van der Waals surface area contributed by atoms with Gasteiger partial charge >= 0.3 is 0 Å². The lowest BCUT2D eigenvalue weighted by Crippen LogP contribution is -2.26. The van der Waals surface area contributed by atoms with Crippen LogP contribution in [0.5, 0.6) is 0 Å². The minimum atomic E-state index is -0.387. The van der Waals surface area contributed by atoms with Crippen LogP contribution >= 0.6 is 11.6 Å². The van der Waals surface area contributed by atoms with E-state index in [1.807, 2.05) is 0 Å². The Balaban J connectivity index is 1.99. The molecule has 4 heteroatoms. The Labute approximate surface area is 99.7 Å². The molecule has 2 rings (SSSR count). The summed E-state index contributed by atoms with van der Waals surface area (Å²) in [6.07, 6.45) is 1.06. The first-order valence-corrected chi connectivity index (χ1v) is 5.84. The number of hydrogen-bond acceptors (Lipinski definition) is 2. The largest absolute Gasteiger partial charge is 0.382 e. The summed E-state index contributed by atoms with van der Waals surface area (Å²) < 4.78 is 18.5. The van der Waals surface area contributed by atoms with Crippen molar-refractivity contribution in [1.29, 1.82) is 0 Å². The zero-order chi connectivity index (χ0) is 11.5. The monoisotopic (exact) mass is 243 g/mol. The Bertz CT molecular complexity index is 366. The molecular weight excluding hydrogens is 229 g/mol. The van der Waals surface area contributed by atoms with E-state index in [4.69, 9.17) is 16.3 Å². The molecule has 1 aromatic rings. The minimum absolute atomic E-state index is 0.155. The third-order valence-electron chi connectivity index (χ3n) is 2.99. The maximum Gasteiger partial charge on any atom is 0.143 e. The van der Waals surface area contributed by atoms with Crippen molar-refractivity contribution in [2.45, 2.75) is 19.4 Å². The van der Waals surface area contributed by atoms with Crippen molar-refractivity contribution < 1.29 is 9.13 Å². The van der Waals surface area contributed by atoms with Crippen LogP contribution in [-0.2, 0) is 4.74 Å². The van der Waals surface area contributed by atoms with E-state index in [1.165, 1.54) is 6.07 Å². The van der Waals surface area contributed by atoms with Crippen LogP contribution in [0.15, 0.2) is 18.2 Å². The Morgan fingerprint density at radius 2 is 2.38 bits per heavy atom. The van der Waals surface area contributed by atoms with E-state index in [-0.39, 0.29) is 16.9 Å². The Hall–Kier alpha value is -0.800. The molecule has 0 bridgehead atoms. The average molecular weight is 244 g/mol. The first-order chi connectivity index (χ1) is 7.66. The summed E-state index contributed by atoms with van der Waals surface area (Å²) in [6.45, 7) is 3.70. The van der Waals surface area contributed by atoms with Gasteiger partial charge in [-0.3, -0.25) is 0 Å². The molecule has 88 valence electrons. The summed E-state index contributed by atoms with van der Waals surface area (Å²) in [7, 11) is 0. The fourth-order valence-electron chi connectivity index (χ4n) is 1.91. The lowest BCUT2D eigenvalue weighted by molar-refractivity contribution is 0.183. The SMILES string of the molecule is CC(Nc1ccc(Cl)c(F)c1)C1CCOC1. The fourth-order valence-corrected chi connectivity index (χ4v) is 2.03. The van der Waals surface area contributed by atoms with Gasteiger partial charge in [0.15, 0.2) is 0 Å². The van der Waals surface area contributed by atoms with E-state index >= 15 is 0 Å². The number of benzene rings is 1. The van der Waals surface area contributed by atoms with Crippen molar-refractivity contribution >= 4 is 17.3 Å². The molecule has 1 N–H and O–H groups in total. The molecule has 0 amide bonds. The topological polar surface area (TPSA) is 21.3 Å². The standard InChI is InChI=1S/C12H15ClFNO/c1-8(9-4-5-16-7-9)15-10-2-3-11(13)12(14)6-10/h2-3,6,8-9,15H,4-5,7H2,1H3. The maximum absolute atomic E-state index is 13.2. The Morgan fingerprint density at radius 3 is 3.00 bits per heavy atom. The van der Waals surface area contributed by atoms with E-state index in [0.29, 0.717) is 5.92 Å². The second-order valence-corrected chi connectivity index (χ2v) is 4.59. The van der Waals surface area contributed by atoms with Crippen molar-refractivity contribution in [3.8, 4) is 0 Å². The first-order valence-electron chi connectivity index (χ1n) is 5.46. The van der Waals surface area contributed by atoms with Crippen LogP contribution in [0.3, 0.4) is 0 Å². The Morgan fingerprint density at radius 1 is 1.56 bits per heavy atom. The molecule has 1 fully saturated rings. The minimum Gasteiger partial charge on any atom is -0.382 e. The summed E-state index contributed by atoms with van der Waals surface area (Å²) in [4.78, 5) is 0. The summed E-state index contributed by atoms with van der Waals surface area (Å²) in [5.41, 5.74) is 0.765. The molecule has 1 saturated heterocycles. The van der Waals surface area contributed by atoms with Gasteiger partial charge in [0, 0.05) is 24.3 Å². The summed E-state index contributed by atoms with van der Waals surface area (Å²) >= 11 is 5.62. The molecule has 2 atom stereocenters. The maximum atomic E-state index is 13.2. The third-order valence-corrected chi connectivity index (χ3v) is 3.29. The zero-order valence-electron chi connectivity index (χ0n) is 9.17. The molecule has 2 unspecified atom stereocenters. The first kappa shape index (κ1) is 11.7. The van der Waals surface area contributed by atoms with Gasteiger partial charge in [-0.05, 0) is 31.5 Å². The zero-order valence-corrected chi connectivity index (χ0v) is 9.93. The van der Waals surface area contributed by atoms with Gasteiger partial charge in [-0.15, -0.1) is 0 Å². The lowest BCUT2D eigenvalue weighted by atomic mass is 10.0. The van der Waals surface area contributed by atoms with E-state index in [9.17, 15) is 4.39 Å². The highest BCUT2D eigenvalue weighted by molar-refractivity contribution is 6.30. The number of ether oxygens (including phenoxy) is 1. The second-order valence-electron chi connectivity index (χ2n) is 4.19. The Kier molecular flexibility index (Phi) is 3.66. The summed E-state index contributed by atoms with van der Waals surface area (Å²) in [5, 5.41) is 3.43. The predicted molar refractivity (Wildman–Crippen MR) is 63.4 cm³/mol. The van der Waals surface area contributed by atoms with Crippen LogP contribution < -0.4 is 5.32 Å². The van der Waals surface area contributed by atoms with E-state index in [0.717, 1.165) is 25.3 Å². The van der Waals surface area contributed by atoms with Gasteiger partial charge in [0.1, 0.15) is 5.82 Å². The van der Waals surface area contributed by atoms with Crippen molar-refractivity contribution in [3.63, 3.8) is 0 Å². The second kappa shape index (κ2) is 5.02. The molecule has 1 aliphatic heterocycles. The van der Waals surface area contributed by atoms with Crippen LogP contribution in [0.25, 0.3) is 0 Å². The highest BCUT2D eigenvalue weighted by Gasteiger charge is 2.22. The van der Waals surface area contributed by atoms with Gasteiger partial charge < -0.3 is 10.1 Å². The molecule has 1 aromatic carbocycles. The fraction of sp³-hybridized carbons (Fsp3) is 0.500. The van der Waals surface area contributed by atoms with Crippen LogP contribution in [-0.4, -0.2) is 19.3 Å². The van der Waals surface area contributed by atoms with Crippen LogP contribution in [0.4, 0.5) is 10.1 Å². The van der Waals surface area contributed by atoms with Crippen LogP contribution in [0.2, 0.25) is 5.02 Å². The number of anilines is 1. The van der Waals surface area contributed by atoms with Gasteiger partial charge in [-0.2, -0.15) is 0 Å². The summed E-state index contributed by atoms with van der Waals surface area (Å²) in [5.74, 6) is 0.111. The van der Waals surface area contributed by atoms with Gasteiger partial charge in [0.05, 0.1) is 11.6 Å². The van der Waals surface area contributed by atoms with E-state index in [2.05, 4.69) is 12.2 Å². The molecule has 1 aliphatic rings. The van der Waals surface area contributed by atoms with Gasteiger partial charge in [0.25, 0.3) is 0 Å². The predicted octanol–water partition coefficient (Wildman–Crippen LogP) is 3.32. The van der Waals surface area contributed by atoms with Crippen molar-refractivity contribution in [2.24, 2.45) is 5.92 Å². The molecule has 0 radical (unpaired) electrons. The average Bonchev–Trinajstić information content (AvgIpc) is 2.77. The molecule has 0 aliphatic carbocycles. The summed E-state index contributed by atoms with van der Waals surface area (Å²) in [6, 6.07) is 5.06. The number of nitrogens with one attached hydrogen (secondary N) is 1. The lowest BCUT2D eigenvalue weighted by Gasteiger charge is -2.20. The normalized spacial score (nSPS) is 22.1. The molecule has 0 saturated carbocycles. The van der Waals surface area contributed by atoms with E-state index in [1.54, 1.807) is 12.1 Å². The quantitative estimate of drug-likeness (QED) is 0.880. The van der Waals surface area contributed by atoms with Crippen molar-refractivity contribution in [2.75, 3.05) is 18.5 Å². The molecule has 1 heterocycles. The molecule has 16 heavy (non-hydrogen) atoms. The molecular formula is C12H15ClFNO. The third kappa shape index (κ3) is 2.66. The molecule has 2 nitrogen and oxygen atoms in total. The van der Waals surface area contributed by atoms with Gasteiger partial charge in [-0.25, -0.2) is 4.39 Å². The van der Waals surface area contributed by atoms with Gasteiger partial charge in [0.2, 0.25) is 0 Å². The van der Waals surface area contributed by atoms with Crippen LogP contribution in [0.1, 0.15) is 13.3 Å². The molecule has 0 spiro atoms. The highest BCUT2D eigenvalue weighted by Crippen LogP contribution is 2.23. The van der Waals surface area contributed by atoms with E-state index < -0.39 is 0 Å². The molecule has 0 aromatic heterocycles. The number of hydrogen-bond donors (Lipinski definition) is 1. The van der Waals surface area contributed by atoms with Crippen LogP contribution in [0, 0.1) is 11.7 Å². The van der Waals surface area contributed by atoms with Gasteiger partial charge in [-0.1, -0.05) is 11.6 Å². The van der Waals surface area contributed by atoms with Crippen molar-refractivity contribution in [3.05, 3.63) is 29.0 Å². The van der Waals surface area contributed by atoms with Crippen molar-refractivity contribution in [1.82, 2.24) is 0 Å². The number of halogens is 2. The number of rotatable bonds is 3. The highest BCUT2D eigenvalue weighted by atomic mass is 35.5.